The van der Waals surface area contributed by atoms with Crippen LogP contribution in [-0.4, -0.2) is 32.0 Å². The number of hydrogen-bond donors (Lipinski definition) is 2. The van der Waals surface area contributed by atoms with Gasteiger partial charge in [-0.05, 0) is 47.0 Å². The number of amides is 2. The molecule has 0 bridgehead atoms. The maximum absolute atomic E-state index is 11.8. The van der Waals surface area contributed by atoms with Crippen LogP contribution in [0.5, 0.6) is 0 Å². The number of carbonyl (C=O) groups excluding carboxylic acids is 1. The summed E-state index contributed by atoms with van der Waals surface area (Å²) in [6, 6.07) is 4.90. The largest absolute Gasteiger partial charge is 0.334 e. The van der Waals surface area contributed by atoms with E-state index in [1.165, 1.54) is 0 Å². The number of benzene rings is 1. The highest BCUT2D eigenvalue weighted by Crippen LogP contribution is 2.23. The molecular formula is C12H15BrN2O3S. The summed E-state index contributed by atoms with van der Waals surface area (Å²) in [5, 5.41) is 5.37. The van der Waals surface area contributed by atoms with Crippen LogP contribution in [0.4, 0.5) is 10.5 Å². The van der Waals surface area contributed by atoms with E-state index >= 15 is 0 Å². The normalized spacial score (nSPS) is 21.1. The fraction of sp³-hybridized carbons (Fsp3) is 0.417. The molecule has 1 aliphatic rings. The summed E-state index contributed by atoms with van der Waals surface area (Å²) >= 11 is 3.37. The maximum Gasteiger partial charge on any atom is 0.319 e. The van der Waals surface area contributed by atoms with Crippen molar-refractivity contribution in [3.05, 3.63) is 28.2 Å². The smallest absolute Gasteiger partial charge is 0.319 e. The third-order valence-electron chi connectivity index (χ3n) is 2.94. The number of carbonyl (C=O) groups is 1. The number of sulfone groups is 1. The van der Waals surface area contributed by atoms with Gasteiger partial charge in [-0.1, -0.05) is 6.07 Å². The second-order valence-corrected chi connectivity index (χ2v) is 7.76. The van der Waals surface area contributed by atoms with Crippen molar-refractivity contribution in [2.45, 2.75) is 19.4 Å². The molecule has 1 aliphatic heterocycles. The predicted octanol–water partition coefficient (Wildman–Crippen LogP) is 2.07. The molecule has 1 atom stereocenters. The SMILES string of the molecule is Cc1ccc(NC(=O)N[C@@H]2CCS(=O)(=O)C2)c(Br)c1. The van der Waals surface area contributed by atoms with Gasteiger partial charge in [0.15, 0.2) is 9.84 Å². The molecule has 0 aromatic heterocycles. The van der Waals surface area contributed by atoms with E-state index in [4.69, 9.17) is 0 Å². The Hall–Kier alpha value is -1.08. The van der Waals surface area contributed by atoms with E-state index in [1.54, 1.807) is 6.07 Å². The highest BCUT2D eigenvalue weighted by molar-refractivity contribution is 9.10. The van der Waals surface area contributed by atoms with Crippen LogP contribution in [-0.2, 0) is 9.84 Å². The second kappa shape index (κ2) is 5.50. The molecule has 0 saturated carbocycles. The van der Waals surface area contributed by atoms with Crippen molar-refractivity contribution in [3.8, 4) is 0 Å². The lowest BCUT2D eigenvalue weighted by Gasteiger charge is -2.13. The Balaban J connectivity index is 1.95. The van der Waals surface area contributed by atoms with Crippen LogP contribution in [0.2, 0.25) is 0 Å². The Morgan fingerprint density at radius 1 is 1.42 bits per heavy atom. The van der Waals surface area contributed by atoms with Crippen molar-refractivity contribution in [3.63, 3.8) is 0 Å². The van der Waals surface area contributed by atoms with Crippen molar-refractivity contribution < 1.29 is 13.2 Å². The molecule has 0 aliphatic carbocycles. The van der Waals surface area contributed by atoms with E-state index in [2.05, 4.69) is 26.6 Å². The molecule has 5 nitrogen and oxygen atoms in total. The van der Waals surface area contributed by atoms with Gasteiger partial charge in [-0.3, -0.25) is 0 Å². The molecule has 104 valence electrons. The molecule has 0 radical (unpaired) electrons. The number of nitrogens with one attached hydrogen (secondary N) is 2. The van der Waals surface area contributed by atoms with Gasteiger partial charge in [-0.25, -0.2) is 13.2 Å². The maximum atomic E-state index is 11.8. The number of aryl methyl sites for hydroxylation is 1. The van der Waals surface area contributed by atoms with E-state index in [9.17, 15) is 13.2 Å². The van der Waals surface area contributed by atoms with E-state index in [0.717, 1.165) is 10.0 Å². The van der Waals surface area contributed by atoms with Crippen LogP contribution in [0.15, 0.2) is 22.7 Å². The van der Waals surface area contributed by atoms with E-state index in [-0.39, 0.29) is 23.6 Å². The lowest BCUT2D eigenvalue weighted by atomic mass is 10.2. The van der Waals surface area contributed by atoms with Gasteiger partial charge < -0.3 is 10.6 Å². The Bertz CT molecular complexity index is 601. The lowest BCUT2D eigenvalue weighted by Crippen LogP contribution is -2.38. The molecule has 2 rings (SSSR count). The Kier molecular flexibility index (Phi) is 4.15. The first kappa shape index (κ1) is 14.3. The van der Waals surface area contributed by atoms with Gasteiger partial charge in [0.2, 0.25) is 0 Å². The van der Waals surface area contributed by atoms with Gasteiger partial charge in [0.05, 0.1) is 17.2 Å². The summed E-state index contributed by atoms with van der Waals surface area (Å²) in [7, 11) is -2.98. The summed E-state index contributed by atoms with van der Waals surface area (Å²) < 4.78 is 23.4. The lowest BCUT2D eigenvalue weighted by molar-refractivity contribution is 0.249. The molecule has 1 heterocycles. The molecule has 1 fully saturated rings. The third kappa shape index (κ3) is 3.94. The van der Waals surface area contributed by atoms with Crippen molar-refractivity contribution >= 4 is 37.5 Å². The monoisotopic (exact) mass is 346 g/mol. The van der Waals surface area contributed by atoms with Crippen molar-refractivity contribution in [1.82, 2.24) is 5.32 Å². The van der Waals surface area contributed by atoms with Crippen LogP contribution < -0.4 is 10.6 Å². The molecule has 1 saturated heterocycles. The van der Waals surface area contributed by atoms with E-state index < -0.39 is 9.84 Å². The third-order valence-corrected chi connectivity index (χ3v) is 5.36. The Morgan fingerprint density at radius 3 is 2.74 bits per heavy atom. The van der Waals surface area contributed by atoms with Crippen LogP contribution in [0.3, 0.4) is 0 Å². The van der Waals surface area contributed by atoms with Crippen molar-refractivity contribution in [1.29, 1.82) is 0 Å². The minimum absolute atomic E-state index is 0.0233. The van der Waals surface area contributed by atoms with Crippen molar-refractivity contribution in [2.75, 3.05) is 16.8 Å². The first-order valence-corrected chi connectivity index (χ1v) is 8.51. The molecule has 1 aromatic rings. The van der Waals surface area contributed by atoms with Gasteiger partial charge in [-0.15, -0.1) is 0 Å². The molecular weight excluding hydrogens is 332 g/mol. The average Bonchev–Trinajstić information content (AvgIpc) is 2.62. The first-order chi connectivity index (χ1) is 8.85. The summed E-state index contributed by atoms with van der Waals surface area (Å²) in [6.07, 6.45) is 0.477. The van der Waals surface area contributed by atoms with Gasteiger partial charge in [0.1, 0.15) is 0 Å². The van der Waals surface area contributed by atoms with Gasteiger partial charge in [0.25, 0.3) is 0 Å². The van der Waals surface area contributed by atoms with E-state index in [1.807, 2.05) is 19.1 Å². The number of anilines is 1. The number of rotatable bonds is 2. The molecule has 2 amide bonds. The Morgan fingerprint density at radius 2 is 2.16 bits per heavy atom. The fourth-order valence-corrected chi connectivity index (χ4v) is 4.24. The second-order valence-electron chi connectivity index (χ2n) is 4.68. The zero-order valence-corrected chi connectivity index (χ0v) is 12.8. The quantitative estimate of drug-likeness (QED) is 0.860. The number of hydrogen-bond acceptors (Lipinski definition) is 3. The average molecular weight is 347 g/mol. The minimum atomic E-state index is -2.98. The highest BCUT2D eigenvalue weighted by atomic mass is 79.9. The Labute approximate surface area is 120 Å². The minimum Gasteiger partial charge on any atom is -0.334 e. The zero-order chi connectivity index (χ0) is 14.0. The molecule has 1 aromatic carbocycles. The molecule has 2 N–H and O–H groups in total. The topological polar surface area (TPSA) is 75.3 Å². The highest BCUT2D eigenvalue weighted by Gasteiger charge is 2.28. The number of halogens is 1. The van der Waals surface area contributed by atoms with Crippen LogP contribution in [0.1, 0.15) is 12.0 Å². The van der Waals surface area contributed by atoms with Crippen LogP contribution in [0, 0.1) is 6.92 Å². The summed E-state index contributed by atoms with van der Waals surface area (Å²) in [4.78, 5) is 11.8. The molecule has 19 heavy (non-hydrogen) atoms. The number of urea groups is 1. The fourth-order valence-electron chi connectivity index (χ4n) is 1.97. The van der Waals surface area contributed by atoms with Crippen LogP contribution >= 0.6 is 15.9 Å². The van der Waals surface area contributed by atoms with Gasteiger partial charge in [-0.2, -0.15) is 0 Å². The van der Waals surface area contributed by atoms with Gasteiger partial charge in [0, 0.05) is 10.5 Å². The summed E-state index contributed by atoms with van der Waals surface area (Å²) in [6.45, 7) is 1.96. The summed E-state index contributed by atoms with van der Waals surface area (Å²) in [5.74, 6) is 0.168. The molecule has 7 heteroatoms. The van der Waals surface area contributed by atoms with Gasteiger partial charge >= 0.3 is 6.03 Å². The summed E-state index contributed by atoms with van der Waals surface area (Å²) in [5.41, 5.74) is 1.74. The standard InChI is InChI=1S/C12H15BrN2O3S/c1-8-2-3-11(10(13)6-8)15-12(16)14-9-4-5-19(17,18)7-9/h2-3,6,9H,4-5,7H2,1H3,(H2,14,15,16)/t9-/m1/s1. The predicted molar refractivity (Wildman–Crippen MR) is 78.1 cm³/mol. The van der Waals surface area contributed by atoms with E-state index in [0.29, 0.717) is 12.1 Å². The van der Waals surface area contributed by atoms with Crippen LogP contribution in [0.25, 0.3) is 0 Å². The molecule has 0 spiro atoms. The zero-order valence-electron chi connectivity index (χ0n) is 10.4. The van der Waals surface area contributed by atoms with Crippen molar-refractivity contribution in [2.24, 2.45) is 0 Å². The molecule has 0 unspecified atom stereocenters. The first-order valence-electron chi connectivity index (χ1n) is 5.90.